The van der Waals surface area contributed by atoms with Crippen molar-refractivity contribution in [3.63, 3.8) is 0 Å². The van der Waals surface area contributed by atoms with Crippen LogP contribution in [0.15, 0.2) is 72.8 Å². The molecular weight excluding hydrogens is 1550 g/mol. The van der Waals surface area contributed by atoms with Crippen molar-refractivity contribution in [2.24, 2.45) is 5.92 Å². The molecule has 0 bridgehead atoms. The minimum absolute atomic E-state index is 0.00204. The molecule has 1 aliphatic rings. The summed E-state index contributed by atoms with van der Waals surface area (Å²) < 4.78 is 40.6. The van der Waals surface area contributed by atoms with Crippen LogP contribution in [0.5, 0.6) is 0 Å². The van der Waals surface area contributed by atoms with Gasteiger partial charge >= 0.3 is 37.4 Å². The molecular formula is C73H100IN8O25P. The summed E-state index contributed by atoms with van der Waals surface area (Å²) in [6.07, 6.45) is -0.897. The van der Waals surface area contributed by atoms with E-state index in [1.165, 1.54) is 0 Å². The molecule has 3 aromatic carbocycles. The minimum Gasteiger partial charge on any atom is -0.481 e. The zero-order valence-corrected chi connectivity index (χ0v) is 63.3. The van der Waals surface area contributed by atoms with E-state index in [4.69, 9.17) is 28.6 Å². The smallest absolute Gasteiger partial charge is 0.328 e. The highest BCUT2D eigenvalue weighted by Crippen LogP contribution is 2.45. The third kappa shape index (κ3) is 39.8. The third-order valence-electron chi connectivity index (χ3n) is 16.6. The average molecular weight is 1650 g/mol. The maximum Gasteiger partial charge on any atom is 0.328 e. The van der Waals surface area contributed by atoms with Gasteiger partial charge in [0.2, 0.25) is 47.3 Å². The molecule has 4 rings (SSSR count). The maximum absolute atomic E-state index is 13.7. The third-order valence-corrected chi connectivity index (χ3v) is 18.8. The first-order valence-electron chi connectivity index (χ1n) is 35.8. The zero-order valence-electron chi connectivity index (χ0n) is 60.3. The van der Waals surface area contributed by atoms with Gasteiger partial charge in [-0.15, -0.1) is 0 Å². The van der Waals surface area contributed by atoms with Gasteiger partial charge < -0.3 is 96.0 Å². The fourth-order valence-corrected chi connectivity index (χ4v) is 12.5. The molecule has 35 heteroatoms. The van der Waals surface area contributed by atoms with Gasteiger partial charge in [-0.05, 0) is 141 Å². The Morgan fingerprint density at radius 1 is 0.444 bits per heavy atom. The van der Waals surface area contributed by atoms with Crippen LogP contribution in [0.2, 0.25) is 0 Å². The Balaban J connectivity index is 1.12. The Hall–Kier alpha value is -8.95. The van der Waals surface area contributed by atoms with E-state index in [0.29, 0.717) is 50.8 Å². The topological polar surface area (TPSA) is 494 Å². The monoisotopic (exact) mass is 1650 g/mol. The lowest BCUT2D eigenvalue weighted by atomic mass is 10.0. The molecule has 0 saturated heterocycles. The first-order valence-corrected chi connectivity index (χ1v) is 38.7. The van der Waals surface area contributed by atoms with Gasteiger partial charge in [0, 0.05) is 85.7 Å². The minimum atomic E-state index is -4.55. The number of hydrogen-bond acceptors (Lipinski definition) is 19. The Morgan fingerprint density at radius 3 is 1.59 bits per heavy atom. The Kier molecular flexibility index (Phi) is 44.2. The number of unbranched alkanes of at least 4 members (excludes halogenated alkanes) is 3. The van der Waals surface area contributed by atoms with Crippen LogP contribution in [0.25, 0.3) is 0 Å². The number of hydrogen-bond donors (Lipinski definition) is 13. The standard InChI is InChI=1S/C73H100IN8O25P/c74-55-26-21-50(22-27-55)12-10-20-61(83)75-37-9-7-16-58(72(97)98)81-69(92)56(28-30-62(84)76-36-8-1-2-19-64(86)80-59(73(99)100)29-31-65(87)79-57(71(95)96)17-11-39-107-108(101,102)49-54(70(93)94)25-34-68(90)91)78-66(88)35-40-103-42-44-105-46-47-106-45-43-104-41-38-77-63(85)32-33-67(89)82-48-53-15-4-3-13-51(53)23-24-52-14-5-6-18-60(52)82/h3-6,13-15,18,21-22,26-27,54,56-59H,1-2,7-12,16-17,19-20,25,28-49H2,(H,75,83)(H,76,84)(H,77,85)(H,78,88)(H,79,87)(H,80,86)(H,81,92)(H,90,91)(H,93,94)(H,95,96)(H,97,98)(H,99,100)(H,101,102)/t54?,56?,57-,58?,59-/m0/s1. The molecule has 108 heavy (non-hydrogen) atoms. The number of benzene rings is 3. The second kappa shape index (κ2) is 52.2. The highest BCUT2D eigenvalue weighted by Gasteiger charge is 2.32. The Labute approximate surface area is 639 Å². The van der Waals surface area contributed by atoms with Gasteiger partial charge in [0.1, 0.15) is 24.2 Å². The van der Waals surface area contributed by atoms with Crippen LogP contribution in [0.3, 0.4) is 0 Å². The second-order valence-electron chi connectivity index (χ2n) is 25.2. The van der Waals surface area contributed by atoms with Crippen LogP contribution in [0.4, 0.5) is 5.69 Å². The van der Waals surface area contributed by atoms with Crippen LogP contribution in [0.1, 0.15) is 151 Å². The van der Waals surface area contributed by atoms with Crippen molar-refractivity contribution in [3.05, 3.63) is 98.6 Å². The lowest BCUT2D eigenvalue weighted by molar-refractivity contribution is -0.143. The molecule has 1 aliphatic heterocycles. The molecule has 0 aromatic heterocycles. The number of rotatable bonds is 58. The number of nitrogens with one attached hydrogen (secondary N) is 7. The number of aliphatic carboxylic acids is 5. The highest BCUT2D eigenvalue weighted by atomic mass is 127. The lowest BCUT2D eigenvalue weighted by Crippen LogP contribution is -2.52. The van der Waals surface area contributed by atoms with Gasteiger partial charge in [-0.25, -0.2) is 14.4 Å². The molecule has 0 fully saturated rings. The van der Waals surface area contributed by atoms with Crippen molar-refractivity contribution in [2.75, 3.05) is 90.2 Å². The van der Waals surface area contributed by atoms with Crippen molar-refractivity contribution in [1.82, 2.24) is 37.2 Å². The van der Waals surface area contributed by atoms with Gasteiger partial charge in [-0.3, -0.25) is 52.5 Å². The second-order valence-corrected chi connectivity index (χ2v) is 28.4. The number of carboxylic acid groups (broad SMARTS) is 5. The summed E-state index contributed by atoms with van der Waals surface area (Å²) in [7, 11) is -4.55. The Bertz CT molecular complexity index is 3560. The number of anilines is 1. The van der Waals surface area contributed by atoms with Gasteiger partial charge in [-0.1, -0.05) is 60.7 Å². The number of carbonyl (C=O) groups excluding carboxylic acids is 8. The van der Waals surface area contributed by atoms with Crippen LogP contribution in [0, 0.1) is 21.3 Å². The predicted molar refractivity (Wildman–Crippen MR) is 398 cm³/mol. The SMILES string of the molecule is O=C(O)CCC(CP(=O)(O)OCCC[C@H](NC(=O)CC[C@H](NC(=O)CCCCCNC(=O)CCC(NC(=O)CCOCCOCCOCCOCCNC(=O)CCC(=O)N1Cc2ccccc2C#Cc2ccccc21)C(=O)NC(CCCCNC(=O)CCCc1ccc(I)cc1)C(=O)O)C(=O)O)C(=O)O)C(=O)O. The van der Waals surface area contributed by atoms with Gasteiger partial charge in [0.15, 0.2) is 0 Å². The van der Waals surface area contributed by atoms with Crippen molar-refractivity contribution < 1.29 is 121 Å². The summed E-state index contributed by atoms with van der Waals surface area (Å²) in [5, 5.41) is 65.4. The van der Waals surface area contributed by atoms with Crippen molar-refractivity contribution in [2.45, 2.75) is 166 Å². The number of halogens is 1. The number of carboxylic acids is 5. The first kappa shape index (κ1) is 91.4. The molecule has 1 heterocycles. The van der Waals surface area contributed by atoms with Gasteiger partial charge in [0.25, 0.3) is 0 Å². The highest BCUT2D eigenvalue weighted by molar-refractivity contribution is 14.1. The molecule has 0 aliphatic carbocycles. The number of aryl methyl sites for hydroxylation is 1. The predicted octanol–water partition coefficient (Wildman–Crippen LogP) is 4.18. The van der Waals surface area contributed by atoms with E-state index in [-0.39, 0.29) is 154 Å². The molecule has 33 nitrogen and oxygen atoms in total. The van der Waals surface area contributed by atoms with Crippen molar-refractivity contribution >= 4 is 113 Å². The summed E-state index contributed by atoms with van der Waals surface area (Å²) in [6, 6.07) is 17.3. The van der Waals surface area contributed by atoms with Crippen molar-refractivity contribution in [1.29, 1.82) is 0 Å². The number of nitrogens with zero attached hydrogens (tertiary/aromatic N) is 1. The molecule has 0 spiro atoms. The fraction of sp³-hybridized carbons (Fsp3) is 0.548. The molecule has 3 aromatic rings. The van der Waals surface area contributed by atoms with E-state index in [1.807, 2.05) is 72.8 Å². The number of amides is 8. The zero-order chi connectivity index (χ0) is 79.1. The fourth-order valence-electron chi connectivity index (χ4n) is 10.7. The molecule has 0 saturated carbocycles. The largest absolute Gasteiger partial charge is 0.481 e. The van der Waals surface area contributed by atoms with E-state index in [2.05, 4.69) is 71.6 Å². The number of fused-ring (bicyclic) bond motifs is 2. The van der Waals surface area contributed by atoms with E-state index >= 15 is 0 Å². The van der Waals surface area contributed by atoms with Crippen LogP contribution < -0.4 is 42.1 Å². The van der Waals surface area contributed by atoms with E-state index < -0.39 is 136 Å². The molecule has 0 radical (unpaired) electrons. The van der Waals surface area contributed by atoms with Gasteiger partial charge in [0.05, 0.1) is 83.8 Å². The summed E-state index contributed by atoms with van der Waals surface area (Å²) in [6.45, 7) is 1.81. The summed E-state index contributed by atoms with van der Waals surface area (Å²) >= 11 is 2.22. The van der Waals surface area contributed by atoms with Crippen LogP contribution in [-0.2, 0) is 103 Å². The van der Waals surface area contributed by atoms with E-state index in [0.717, 1.165) is 32.2 Å². The van der Waals surface area contributed by atoms with Gasteiger partial charge in [-0.2, -0.15) is 0 Å². The molecule has 6 atom stereocenters. The Morgan fingerprint density at radius 2 is 0.944 bits per heavy atom. The summed E-state index contributed by atoms with van der Waals surface area (Å²) in [4.78, 5) is 174. The number of carbonyl (C=O) groups is 13. The molecule has 8 amide bonds. The molecule has 4 unspecified atom stereocenters. The molecule has 594 valence electrons. The molecule has 13 N–H and O–H groups in total. The normalized spacial score (nSPS) is 13.4. The van der Waals surface area contributed by atoms with E-state index in [1.54, 1.807) is 4.90 Å². The first-order chi connectivity index (χ1) is 51.7. The van der Waals surface area contributed by atoms with Crippen molar-refractivity contribution in [3.8, 4) is 11.8 Å². The summed E-state index contributed by atoms with van der Waals surface area (Å²) in [5.41, 5.74) is 4.29. The number of para-hydroxylation sites is 1. The number of ether oxygens (including phenoxy) is 4. The lowest BCUT2D eigenvalue weighted by Gasteiger charge is -2.26. The van der Waals surface area contributed by atoms with E-state index in [9.17, 15) is 92.2 Å². The average Bonchev–Trinajstić information content (AvgIpc) is 0.804. The van der Waals surface area contributed by atoms with Crippen LogP contribution in [-0.4, -0.2) is 217 Å². The quantitative estimate of drug-likeness (QED) is 0.0163. The summed E-state index contributed by atoms with van der Waals surface area (Å²) in [5.74, 6) is -6.49. The maximum atomic E-state index is 13.7. The van der Waals surface area contributed by atoms with Crippen LogP contribution >= 0.6 is 30.2 Å².